The number of carbonyl (C=O) groups is 4. The van der Waals surface area contributed by atoms with E-state index in [1.165, 1.54) is 18.2 Å². The van der Waals surface area contributed by atoms with E-state index in [1.807, 2.05) is 32.9 Å². The lowest BCUT2D eigenvalue weighted by Crippen LogP contribution is -2.43. The Balaban J connectivity index is 1.26. The Morgan fingerprint density at radius 2 is 1.89 bits per heavy atom. The van der Waals surface area contributed by atoms with Crippen LogP contribution in [0.4, 0.5) is 19.8 Å². The van der Waals surface area contributed by atoms with E-state index in [1.54, 1.807) is 17.9 Å². The third-order valence-corrected chi connectivity index (χ3v) is 7.70. The van der Waals surface area contributed by atoms with Crippen molar-refractivity contribution in [2.45, 2.75) is 90.9 Å². The van der Waals surface area contributed by atoms with Crippen LogP contribution in [0, 0.1) is 17.7 Å². The van der Waals surface area contributed by atoms with Crippen molar-refractivity contribution < 1.29 is 37.8 Å². The molecule has 2 heterocycles. The molecule has 1 atom stereocenters. The van der Waals surface area contributed by atoms with Gasteiger partial charge < -0.3 is 19.5 Å². The number of Topliss-reactive ketones (excluding diaryl/α,β-unsaturated/α-hetero) is 1. The van der Waals surface area contributed by atoms with Gasteiger partial charge in [0.25, 0.3) is 0 Å². The average molecular weight is 612 g/mol. The average Bonchev–Trinajstić information content (AvgIpc) is 2.94. The molecular formula is C33H42FN3O7. The van der Waals surface area contributed by atoms with E-state index in [4.69, 9.17) is 19.2 Å². The van der Waals surface area contributed by atoms with Gasteiger partial charge in [0, 0.05) is 24.6 Å². The van der Waals surface area contributed by atoms with Crippen molar-refractivity contribution in [2.24, 2.45) is 11.8 Å². The van der Waals surface area contributed by atoms with Gasteiger partial charge in [-0.05, 0) is 101 Å². The summed E-state index contributed by atoms with van der Waals surface area (Å²) in [6.45, 7) is 7.69. The van der Waals surface area contributed by atoms with Crippen molar-refractivity contribution >= 4 is 29.8 Å². The molecule has 4 rings (SSSR count). The Kier molecular flexibility index (Phi) is 10.9. The fourth-order valence-corrected chi connectivity index (χ4v) is 5.49. The van der Waals surface area contributed by atoms with Gasteiger partial charge in [-0.1, -0.05) is 18.2 Å². The van der Waals surface area contributed by atoms with Gasteiger partial charge >= 0.3 is 18.2 Å². The van der Waals surface area contributed by atoms with Crippen molar-refractivity contribution in [3.05, 3.63) is 59.0 Å². The van der Waals surface area contributed by atoms with Crippen molar-refractivity contribution in [3.63, 3.8) is 0 Å². The van der Waals surface area contributed by atoms with Crippen LogP contribution in [0.25, 0.3) is 0 Å². The minimum absolute atomic E-state index is 0.0278. The first-order valence-corrected chi connectivity index (χ1v) is 15.3. The molecule has 11 heteroatoms. The summed E-state index contributed by atoms with van der Waals surface area (Å²) in [4.78, 5) is 57.0. The Hall–Kier alpha value is -4.02. The number of aryl methyl sites for hydroxylation is 1. The number of ketones is 1. The molecule has 2 amide bonds. The van der Waals surface area contributed by atoms with Crippen LogP contribution in [0.15, 0.2) is 36.4 Å². The second-order valence-electron chi connectivity index (χ2n) is 12.4. The highest BCUT2D eigenvalue weighted by atomic mass is 19.1. The van der Waals surface area contributed by atoms with Gasteiger partial charge in [-0.3, -0.25) is 9.69 Å². The Morgan fingerprint density at radius 3 is 2.59 bits per heavy atom. The SMILES string of the molecule is CCOC(=O)[C@H](CCC(=O)C1CC(Cc2ccc3c(n2)N(C(=O)OC(C)(C)C)CCC3)C1)NC(=O)OCc1cccc(F)c1. The molecule has 238 valence electrons. The second-order valence-corrected chi connectivity index (χ2v) is 12.4. The molecule has 1 aliphatic carbocycles. The van der Waals surface area contributed by atoms with E-state index < -0.39 is 35.6 Å². The topological polar surface area (TPSA) is 124 Å². The molecule has 1 aromatic carbocycles. The Bertz CT molecular complexity index is 1350. The van der Waals surface area contributed by atoms with Crippen LogP contribution < -0.4 is 10.2 Å². The third-order valence-electron chi connectivity index (χ3n) is 7.70. The quantitative estimate of drug-likeness (QED) is 0.254. The molecule has 0 unspecified atom stereocenters. The molecule has 10 nitrogen and oxygen atoms in total. The summed E-state index contributed by atoms with van der Waals surface area (Å²) >= 11 is 0. The van der Waals surface area contributed by atoms with Crippen LogP contribution >= 0.6 is 0 Å². The lowest BCUT2D eigenvalue weighted by molar-refractivity contribution is -0.145. The summed E-state index contributed by atoms with van der Waals surface area (Å²) < 4.78 is 29.2. The van der Waals surface area contributed by atoms with Gasteiger partial charge in [0.15, 0.2) is 0 Å². The number of nitrogens with zero attached hydrogens (tertiary/aromatic N) is 2. The standard InChI is InChI=1S/C33H42FN3O7/c1-5-42-30(39)27(36-31(40)43-20-21-8-6-10-25(34)18-21)13-14-28(38)24-16-22(17-24)19-26-12-11-23-9-7-15-37(29(23)35-26)32(41)44-33(2,3)4/h6,8,10-12,18,22,24,27H,5,7,9,13-17,19-20H2,1-4H3,(H,36,40)/t22?,24?,27-/m0/s1. The predicted octanol–water partition coefficient (Wildman–Crippen LogP) is 5.68. The highest BCUT2D eigenvalue weighted by Crippen LogP contribution is 2.38. The minimum Gasteiger partial charge on any atom is -0.464 e. The lowest BCUT2D eigenvalue weighted by Gasteiger charge is -2.35. The summed E-state index contributed by atoms with van der Waals surface area (Å²) in [5, 5.41) is 2.48. The first-order valence-electron chi connectivity index (χ1n) is 15.3. The molecule has 44 heavy (non-hydrogen) atoms. The number of fused-ring (bicyclic) bond motifs is 1. The van der Waals surface area contributed by atoms with E-state index in [9.17, 15) is 23.6 Å². The zero-order chi connectivity index (χ0) is 31.9. The number of carbonyl (C=O) groups excluding carboxylic acids is 4. The second kappa shape index (κ2) is 14.6. The number of esters is 1. The summed E-state index contributed by atoms with van der Waals surface area (Å²) in [7, 11) is 0. The molecule has 1 N–H and O–H groups in total. The van der Waals surface area contributed by atoms with Gasteiger partial charge in [0.1, 0.15) is 35.7 Å². The molecule has 0 bridgehead atoms. The molecule has 0 radical (unpaired) electrons. The molecule has 1 saturated carbocycles. The molecule has 0 saturated heterocycles. The maximum atomic E-state index is 13.4. The molecule has 2 aromatic rings. The number of hydrogen-bond donors (Lipinski definition) is 1. The van der Waals surface area contributed by atoms with Crippen molar-refractivity contribution in [2.75, 3.05) is 18.1 Å². The fraction of sp³-hybridized carbons (Fsp3) is 0.545. The predicted molar refractivity (Wildman–Crippen MR) is 160 cm³/mol. The maximum Gasteiger partial charge on any atom is 0.416 e. The summed E-state index contributed by atoms with van der Waals surface area (Å²) in [6.07, 6.45) is 2.76. The molecule has 1 aromatic heterocycles. The van der Waals surface area contributed by atoms with Crippen LogP contribution in [-0.2, 0) is 43.2 Å². The Labute approximate surface area is 257 Å². The van der Waals surface area contributed by atoms with E-state index in [2.05, 4.69) is 5.32 Å². The molecule has 0 spiro atoms. The number of halogens is 1. The number of aromatic nitrogens is 1. The zero-order valence-corrected chi connectivity index (χ0v) is 25.9. The summed E-state index contributed by atoms with van der Waals surface area (Å²) in [6, 6.07) is 8.64. The van der Waals surface area contributed by atoms with E-state index >= 15 is 0 Å². The number of hydrogen-bond acceptors (Lipinski definition) is 8. The van der Waals surface area contributed by atoms with Crippen molar-refractivity contribution in [1.82, 2.24) is 10.3 Å². The fourth-order valence-electron chi connectivity index (χ4n) is 5.49. The maximum absolute atomic E-state index is 13.4. The van der Waals surface area contributed by atoms with Gasteiger partial charge in [-0.15, -0.1) is 0 Å². The number of rotatable bonds is 11. The summed E-state index contributed by atoms with van der Waals surface area (Å²) in [5.74, 6) is -0.254. The number of benzene rings is 1. The molecular weight excluding hydrogens is 569 g/mol. The first kappa shape index (κ1) is 32.9. The smallest absolute Gasteiger partial charge is 0.416 e. The molecule has 2 aliphatic rings. The minimum atomic E-state index is -1.04. The van der Waals surface area contributed by atoms with Gasteiger partial charge in [0.05, 0.1) is 6.61 Å². The van der Waals surface area contributed by atoms with Crippen LogP contribution in [0.2, 0.25) is 0 Å². The molecule has 1 fully saturated rings. The van der Waals surface area contributed by atoms with Gasteiger partial charge in [0.2, 0.25) is 0 Å². The number of nitrogens with one attached hydrogen (secondary N) is 1. The van der Waals surface area contributed by atoms with Crippen LogP contribution in [0.3, 0.4) is 0 Å². The summed E-state index contributed by atoms with van der Waals surface area (Å²) in [5.41, 5.74) is 1.77. The van der Waals surface area contributed by atoms with Gasteiger partial charge in [-0.25, -0.2) is 23.8 Å². The largest absolute Gasteiger partial charge is 0.464 e. The number of alkyl carbamates (subject to hydrolysis) is 1. The monoisotopic (exact) mass is 611 g/mol. The highest BCUT2D eigenvalue weighted by Gasteiger charge is 2.36. The van der Waals surface area contributed by atoms with Crippen molar-refractivity contribution in [1.29, 1.82) is 0 Å². The number of pyridine rings is 1. The number of amides is 2. The van der Waals surface area contributed by atoms with Crippen LogP contribution in [-0.4, -0.2) is 53.7 Å². The highest BCUT2D eigenvalue weighted by molar-refractivity contribution is 5.88. The Morgan fingerprint density at radius 1 is 1.11 bits per heavy atom. The first-order chi connectivity index (χ1) is 20.9. The van der Waals surface area contributed by atoms with Crippen LogP contribution in [0.5, 0.6) is 0 Å². The molecule has 1 aliphatic heterocycles. The van der Waals surface area contributed by atoms with Crippen LogP contribution in [0.1, 0.15) is 76.6 Å². The van der Waals surface area contributed by atoms with E-state index in [0.29, 0.717) is 37.2 Å². The van der Waals surface area contributed by atoms with Gasteiger partial charge in [-0.2, -0.15) is 0 Å². The van der Waals surface area contributed by atoms with E-state index in [-0.39, 0.29) is 43.7 Å². The normalized spacial score (nSPS) is 18.3. The zero-order valence-electron chi connectivity index (χ0n) is 25.9. The lowest BCUT2D eigenvalue weighted by atomic mass is 9.70. The third kappa shape index (κ3) is 9.24. The number of anilines is 1. The number of ether oxygens (including phenoxy) is 3. The van der Waals surface area contributed by atoms with Crippen molar-refractivity contribution in [3.8, 4) is 0 Å². The van der Waals surface area contributed by atoms with E-state index in [0.717, 1.165) is 24.1 Å².